The molecule has 108 valence electrons. The molecule has 21 heavy (non-hydrogen) atoms. The third-order valence-electron chi connectivity index (χ3n) is 2.86. The van der Waals surface area contributed by atoms with Crippen molar-refractivity contribution in [3.63, 3.8) is 0 Å². The summed E-state index contributed by atoms with van der Waals surface area (Å²) in [6, 6.07) is 9.82. The van der Waals surface area contributed by atoms with E-state index in [2.05, 4.69) is 37.6 Å². The maximum absolute atomic E-state index is 4.42. The number of aryl methyl sites for hydroxylation is 1. The molecule has 0 saturated carbocycles. The van der Waals surface area contributed by atoms with Gasteiger partial charge in [-0.05, 0) is 29.0 Å². The Kier molecular flexibility index (Phi) is 4.25. The van der Waals surface area contributed by atoms with E-state index in [-0.39, 0.29) is 0 Å². The van der Waals surface area contributed by atoms with Gasteiger partial charge in [-0.15, -0.1) is 10.2 Å². The minimum atomic E-state index is 0.616. The summed E-state index contributed by atoms with van der Waals surface area (Å²) in [6.07, 6.45) is 1.96. The molecule has 8 heteroatoms. The standard InChI is InChI=1S/C13H15N7S/c1-2-6-11-14-13(17-15-11)21-9-12-16-18-19-20(12)10-7-4-3-5-8-10/h3-5,7-8H,2,6,9H2,1H3,(H,14,15,17). The lowest BCUT2D eigenvalue weighted by molar-refractivity contribution is 0.777. The van der Waals surface area contributed by atoms with Crippen LogP contribution in [0.4, 0.5) is 0 Å². The number of aromatic amines is 1. The van der Waals surface area contributed by atoms with E-state index >= 15 is 0 Å². The van der Waals surface area contributed by atoms with Gasteiger partial charge in [0.1, 0.15) is 5.82 Å². The van der Waals surface area contributed by atoms with Crippen molar-refractivity contribution in [1.29, 1.82) is 0 Å². The van der Waals surface area contributed by atoms with Crippen molar-refractivity contribution in [2.45, 2.75) is 30.7 Å². The van der Waals surface area contributed by atoms with Gasteiger partial charge in [-0.1, -0.05) is 36.9 Å². The Morgan fingerprint density at radius 2 is 2.10 bits per heavy atom. The summed E-state index contributed by atoms with van der Waals surface area (Å²) in [5.41, 5.74) is 0.944. The van der Waals surface area contributed by atoms with Gasteiger partial charge >= 0.3 is 0 Å². The van der Waals surface area contributed by atoms with E-state index in [1.54, 1.807) is 4.68 Å². The molecule has 0 bridgehead atoms. The van der Waals surface area contributed by atoms with E-state index < -0.39 is 0 Å². The number of benzene rings is 1. The fraction of sp³-hybridized carbons (Fsp3) is 0.308. The highest BCUT2D eigenvalue weighted by Crippen LogP contribution is 2.19. The normalized spacial score (nSPS) is 10.9. The predicted molar refractivity (Wildman–Crippen MR) is 79.1 cm³/mol. The van der Waals surface area contributed by atoms with Gasteiger partial charge in [-0.25, -0.2) is 4.98 Å². The lowest BCUT2D eigenvalue weighted by atomic mass is 10.3. The number of rotatable bonds is 6. The molecule has 7 nitrogen and oxygen atoms in total. The van der Waals surface area contributed by atoms with Crippen LogP contribution in [0, 0.1) is 0 Å². The van der Waals surface area contributed by atoms with Crippen molar-refractivity contribution in [2.24, 2.45) is 0 Å². The summed E-state index contributed by atoms with van der Waals surface area (Å²) in [5, 5.41) is 19.7. The molecular weight excluding hydrogens is 286 g/mol. The molecule has 0 amide bonds. The molecule has 3 rings (SSSR count). The van der Waals surface area contributed by atoms with Crippen LogP contribution in [0.25, 0.3) is 5.69 Å². The monoisotopic (exact) mass is 301 g/mol. The number of nitrogens with one attached hydrogen (secondary N) is 1. The highest BCUT2D eigenvalue weighted by atomic mass is 32.2. The zero-order valence-electron chi connectivity index (χ0n) is 11.6. The second-order valence-electron chi connectivity index (χ2n) is 4.45. The molecule has 1 N–H and O–H groups in total. The van der Waals surface area contributed by atoms with Gasteiger partial charge in [0.2, 0.25) is 5.16 Å². The lowest BCUT2D eigenvalue weighted by Gasteiger charge is -2.02. The van der Waals surface area contributed by atoms with Gasteiger partial charge in [0.05, 0.1) is 11.4 Å². The third kappa shape index (κ3) is 3.27. The molecule has 0 aliphatic carbocycles. The van der Waals surface area contributed by atoms with E-state index in [0.717, 1.165) is 35.3 Å². The summed E-state index contributed by atoms with van der Waals surface area (Å²) in [6.45, 7) is 2.11. The summed E-state index contributed by atoms with van der Waals surface area (Å²) < 4.78 is 1.73. The maximum atomic E-state index is 4.42. The van der Waals surface area contributed by atoms with Gasteiger partial charge in [-0.3, -0.25) is 5.10 Å². The van der Waals surface area contributed by atoms with Crippen molar-refractivity contribution in [3.8, 4) is 5.69 Å². The number of nitrogens with zero attached hydrogens (tertiary/aromatic N) is 6. The molecule has 0 atom stereocenters. The van der Waals surface area contributed by atoms with Crippen LogP contribution in [0.15, 0.2) is 35.5 Å². The summed E-state index contributed by atoms with van der Waals surface area (Å²) in [7, 11) is 0. The van der Waals surface area contributed by atoms with Gasteiger partial charge < -0.3 is 0 Å². The third-order valence-corrected chi connectivity index (χ3v) is 3.71. The van der Waals surface area contributed by atoms with Crippen LogP contribution in [-0.4, -0.2) is 35.4 Å². The lowest BCUT2D eigenvalue weighted by Crippen LogP contribution is -2.01. The van der Waals surface area contributed by atoms with E-state index in [4.69, 9.17) is 0 Å². The maximum Gasteiger partial charge on any atom is 0.208 e. The van der Waals surface area contributed by atoms with E-state index in [1.807, 2.05) is 30.3 Å². The fourth-order valence-electron chi connectivity index (χ4n) is 1.89. The molecule has 0 radical (unpaired) electrons. The van der Waals surface area contributed by atoms with Crippen LogP contribution in [0.3, 0.4) is 0 Å². The first kappa shape index (κ1) is 13.7. The van der Waals surface area contributed by atoms with Gasteiger partial charge in [0, 0.05) is 6.42 Å². The number of aromatic nitrogens is 7. The fourth-order valence-corrected chi connectivity index (χ4v) is 2.61. The average Bonchev–Trinajstić information content (AvgIpc) is 3.15. The Morgan fingerprint density at radius 1 is 1.24 bits per heavy atom. The smallest absolute Gasteiger partial charge is 0.208 e. The van der Waals surface area contributed by atoms with Crippen LogP contribution in [0.2, 0.25) is 0 Å². The number of H-pyrrole nitrogens is 1. The molecule has 0 aliphatic heterocycles. The van der Waals surface area contributed by atoms with Crippen molar-refractivity contribution < 1.29 is 0 Å². The van der Waals surface area contributed by atoms with Crippen molar-refractivity contribution in [1.82, 2.24) is 35.4 Å². The number of thioether (sulfide) groups is 1. The van der Waals surface area contributed by atoms with E-state index in [9.17, 15) is 0 Å². The number of para-hydroxylation sites is 1. The molecule has 3 aromatic rings. The molecule has 2 heterocycles. The van der Waals surface area contributed by atoms with Crippen molar-refractivity contribution >= 4 is 11.8 Å². The first-order valence-corrected chi connectivity index (χ1v) is 7.72. The quantitative estimate of drug-likeness (QED) is 0.701. The minimum Gasteiger partial charge on any atom is -0.262 e. The van der Waals surface area contributed by atoms with Crippen LogP contribution < -0.4 is 0 Å². The molecule has 0 unspecified atom stereocenters. The summed E-state index contributed by atoms with van der Waals surface area (Å²) in [4.78, 5) is 4.42. The van der Waals surface area contributed by atoms with E-state index in [1.165, 1.54) is 11.8 Å². The summed E-state index contributed by atoms with van der Waals surface area (Å²) in [5.74, 6) is 2.31. The first-order chi connectivity index (χ1) is 10.4. The number of hydrogen-bond acceptors (Lipinski definition) is 6. The van der Waals surface area contributed by atoms with Crippen LogP contribution in [-0.2, 0) is 12.2 Å². The van der Waals surface area contributed by atoms with Crippen LogP contribution in [0.5, 0.6) is 0 Å². The van der Waals surface area contributed by atoms with Gasteiger partial charge in [0.15, 0.2) is 5.82 Å². The SMILES string of the molecule is CCCc1nc(SCc2nnnn2-c2ccccc2)n[nH]1. The zero-order chi connectivity index (χ0) is 14.5. The Balaban J connectivity index is 1.70. The minimum absolute atomic E-state index is 0.616. The van der Waals surface area contributed by atoms with Crippen LogP contribution in [0.1, 0.15) is 25.0 Å². The Bertz CT molecular complexity index is 691. The highest BCUT2D eigenvalue weighted by molar-refractivity contribution is 7.98. The largest absolute Gasteiger partial charge is 0.262 e. The molecule has 0 spiro atoms. The zero-order valence-corrected chi connectivity index (χ0v) is 12.4. The Morgan fingerprint density at radius 3 is 2.90 bits per heavy atom. The Labute approximate surface area is 126 Å². The number of tetrazole rings is 1. The Hall–Kier alpha value is -2.22. The molecule has 2 aromatic heterocycles. The number of hydrogen-bond donors (Lipinski definition) is 1. The van der Waals surface area contributed by atoms with Crippen LogP contribution >= 0.6 is 11.8 Å². The molecule has 1 aromatic carbocycles. The second-order valence-corrected chi connectivity index (χ2v) is 5.39. The van der Waals surface area contributed by atoms with Gasteiger partial charge in [-0.2, -0.15) is 4.68 Å². The van der Waals surface area contributed by atoms with Crippen molar-refractivity contribution in [3.05, 3.63) is 42.0 Å². The van der Waals surface area contributed by atoms with Crippen molar-refractivity contribution in [2.75, 3.05) is 0 Å². The first-order valence-electron chi connectivity index (χ1n) is 6.73. The highest BCUT2D eigenvalue weighted by Gasteiger charge is 2.10. The molecular formula is C13H15N7S. The molecule has 0 fully saturated rings. The second kappa shape index (κ2) is 6.49. The van der Waals surface area contributed by atoms with Gasteiger partial charge in [0.25, 0.3) is 0 Å². The molecule has 0 aliphatic rings. The predicted octanol–water partition coefficient (Wildman–Crippen LogP) is 2.03. The topological polar surface area (TPSA) is 85.2 Å². The average molecular weight is 301 g/mol. The summed E-state index contributed by atoms with van der Waals surface area (Å²) >= 11 is 1.52. The van der Waals surface area contributed by atoms with E-state index in [0.29, 0.717) is 5.75 Å². The molecule has 0 saturated heterocycles.